The monoisotopic (exact) mass is 417 g/mol. The molecular weight excluding hydrogens is 390 g/mol. The summed E-state index contributed by atoms with van der Waals surface area (Å²) in [6.07, 6.45) is 4.42. The minimum atomic E-state index is -3.82. The van der Waals surface area contributed by atoms with Crippen molar-refractivity contribution in [2.24, 2.45) is 5.92 Å². The predicted octanol–water partition coefficient (Wildman–Crippen LogP) is 2.09. The van der Waals surface area contributed by atoms with Crippen LogP contribution >= 0.6 is 0 Å². The lowest BCUT2D eigenvalue weighted by atomic mass is 9.95. The average Bonchev–Trinajstić information content (AvgIpc) is 2.67. The maximum absolute atomic E-state index is 12.1. The van der Waals surface area contributed by atoms with Gasteiger partial charge in [0.2, 0.25) is 15.9 Å². The fourth-order valence-corrected chi connectivity index (χ4v) is 3.79. The van der Waals surface area contributed by atoms with E-state index in [1.54, 1.807) is 0 Å². The third-order valence-electron chi connectivity index (χ3n) is 4.24. The van der Waals surface area contributed by atoms with Crippen molar-refractivity contribution in [2.75, 3.05) is 12.3 Å². The van der Waals surface area contributed by atoms with Crippen LogP contribution in [0.2, 0.25) is 0 Å². The molecular formula is C21H27N3O4S. The van der Waals surface area contributed by atoms with Crippen LogP contribution in [0.4, 0.5) is 0 Å². The van der Waals surface area contributed by atoms with Gasteiger partial charge in [-0.3, -0.25) is 19.3 Å². The van der Waals surface area contributed by atoms with Crippen molar-refractivity contribution in [1.82, 2.24) is 15.0 Å². The number of rotatable bonds is 10. The molecule has 8 heteroatoms. The summed E-state index contributed by atoms with van der Waals surface area (Å²) >= 11 is 0. The maximum atomic E-state index is 12.1. The highest BCUT2D eigenvalue weighted by atomic mass is 32.2. The van der Waals surface area contributed by atoms with Gasteiger partial charge in [-0.1, -0.05) is 38.1 Å². The molecule has 2 aromatic rings. The van der Waals surface area contributed by atoms with Crippen LogP contribution in [0.15, 0.2) is 48.8 Å². The second-order valence-corrected chi connectivity index (χ2v) is 9.04. The van der Waals surface area contributed by atoms with Crippen molar-refractivity contribution in [2.45, 2.75) is 33.1 Å². The van der Waals surface area contributed by atoms with Crippen LogP contribution in [0, 0.1) is 5.92 Å². The molecule has 0 bridgehead atoms. The quantitative estimate of drug-likeness (QED) is 0.616. The number of hydrogen-bond acceptors (Lipinski definition) is 5. The summed E-state index contributed by atoms with van der Waals surface area (Å²) in [5.41, 5.74) is 2.62. The SMILES string of the molecule is CC(C)Cc1ccccc1CCC(=O)NS(=O)(=O)CCNC(=O)c1ccncc1. The fraction of sp³-hybridized carbons (Fsp3) is 0.381. The Bertz CT molecular complexity index is 928. The van der Waals surface area contributed by atoms with Gasteiger partial charge in [0.05, 0.1) is 5.75 Å². The van der Waals surface area contributed by atoms with Crippen molar-refractivity contribution in [3.63, 3.8) is 0 Å². The first-order valence-electron chi connectivity index (χ1n) is 9.55. The third kappa shape index (κ3) is 8.03. The molecule has 0 saturated heterocycles. The number of carbonyl (C=O) groups is 2. The van der Waals surface area contributed by atoms with E-state index in [2.05, 4.69) is 28.9 Å². The van der Waals surface area contributed by atoms with E-state index in [4.69, 9.17) is 0 Å². The summed E-state index contributed by atoms with van der Waals surface area (Å²) in [4.78, 5) is 27.8. The first-order chi connectivity index (χ1) is 13.8. The van der Waals surface area contributed by atoms with Crippen LogP contribution in [0.25, 0.3) is 0 Å². The summed E-state index contributed by atoms with van der Waals surface area (Å²) in [7, 11) is -3.82. The molecule has 0 spiro atoms. The van der Waals surface area contributed by atoms with E-state index in [-0.39, 0.29) is 18.7 Å². The van der Waals surface area contributed by atoms with E-state index in [1.165, 1.54) is 30.1 Å². The van der Waals surface area contributed by atoms with Gasteiger partial charge < -0.3 is 5.32 Å². The van der Waals surface area contributed by atoms with Gasteiger partial charge in [-0.2, -0.15) is 0 Å². The Hall–Kier alpha value is -2.74. The first kappa shape index (κ1) is 22.5. The van der Waals surface area contributed by atoms with Crippen molar-refractivity contribution in [3.05, 3.63) is 65.5 Å². The molecule has 0 radical (unpaired) electrons. The Kier molecular flexibility index (Phi) is 8.33. The largest absolute Gasteiger partial charge is 0.351 e. The number of amides is 2. The van der Waals surface area contributed by atoms with Crippen LogP contribution in [0.3, 0.4) is 0 Å². The minimum Gasteiger partial charge on any atom is -0.351 e. The Balaban J connectivity index is 1.80. The number of nitrogens with one attached hydrogen (secondary N) is 2. The Labute approximate surface area is 172 Å². The molecule has 0 aliphatic heterocycles. The van der Waals surface area contributed by atoms with Gasteiger partial charge in [0.15, 0.2) is 0 Å². The third-order valence-corrected chi connectivity index (χ3v) is 5.52. The zero-order valence-corrected chi connectivity index (χ0v) is 17.5. The van der Waals surface area contributed by atoms with Crippen LogP contribution in [0.5, 0.6) is 0 Å². The molecule has 156 valence electrons. The van der Waals surface area contributed by atoms with E-state index < -0.39 is 21.8 Å². The van der Waals surface area contributed by atoms with Crippen molar-refractivity contribution in [3.8, 4) is 0 Å². The molecule has 7 nitrogen and oxygen atoms in total. The summed E-state index contributed by atoms with van der Waals surface area (Å²) in [5, 5.41) is 2.51. The molecule has 0 unspecified atom stereocenters. The van der Waals surface area contributed by atoms with Crippen molar-refractivity contribution < 1.29 is 18.0 Å². The van der Waals surface area contributed by atoms with E-state index in [0.29, 0.717) is 17.9 Å². The Morgan fingerprint density at radius 2 is 1.69 bits per heavy atom. The van der Waals surface area contributed by atoms with Gasteiger partial charge in [0.25, 0.3) is 5.91 Å². The molecule has 0 aliphatic rings. The molecule has 0 fully saturated rings. The normalized spacial score (nSPS) is 11.3. The van der Waals surface area contributed by atoms with Crippen molar-refractivity contribution in [1.29, 1.82) is 0 Å². The minimum absolute atomic E-state index is 0.0811. The number of aryl methyl sites for hydroxylation is 1. The van der Waals surface area contributed by atoms with E-state index in [1.807, 2.05) is 24.3 Å². The lowest BCUT2D eigenvalue weighted by Crippen LogP contribution is -2.37. The Morgan fingerprint density at radius 3 is 2.34 bits per heavy atom. The smallest absolute Gasteiger partial charge is 0.251 e. The molecule has 0 atom stereocenters. The van der Waals surface area contributed by atoms with E-state index in [9.17, 15) is 18.0 Å². The number of carbonyl (C=O) groups excluding carboxylic acids is 2. The molecule has 1 heterocycles. The summed E-state index contributed by atoms with van der Waals surface area (Å²) in [6, 6.07) is 10.9. The number of nitrogens with zero attached hydrogens (tertiary/aromatic N) is 1. The topological polar surface area (TPSA) is 105 Å². The summed E-state index contributed by atoms with van der Waals surface area (Å²) < 4.78 is 26.3. The van der Waals surface area contributed by atoms with E-state index >= 15 is 0 Å². The first-order valence-corrected chi connectivity index (χ1v) is 11.2. The van der Waals surface area contributed by atoms with Gasteiger partial charge in [0, 0.05) is 30.9 Å². The second-order valence-electron chi connectivity index (χ2n) is 7.20. The predicted molar refractivity (Wildman–Crippen MR) is 112 cm³/mol. The molecule has 0 saturated carbocycles. The molecule has 2 N–H and O–H groups in total. The van der Waals surface area contributed by atoms with Crippen LogP contribution in [0.1, 0.15) is 41.8 Å². The van der Waals surface area contributed by atoms with Crippen LogP contribution < -0.4 is 10.0 Å². The average molecular weight is 418 g/mol. The highest BCUT2D eigenvalue weighted by molar-refractivity contribution is 7.90. The zero-order valence-electron chi connectivity index (χ0n) is 16.7. The highest BCUT2D eigenvalue weighted by Gasteiger charge is 2.16. The number of aromatic nitrogens is 1. The number of sulfonamides is 1. The van der Waals surface area contributed by atoms with Crippen LogP contribution in [-0.4, -0.2) is 37.5 Å². The number of benzene rings is 1. The molecule has 2 rings (SSSR count). The lowest BCUT2D eigenvalue weighted by Gasteiger charge is -2.12. The standard InChI is InChI=1S/C21H27N3O4S/c1-16(2)15-19-6-4-3-5-17(19)7-8-20(25)24-29(27,28)14-13-23-21(26)18-9-11-22-12-10-18/h3-6,9-12,16H,7-8,13-15H2,1-2H3,(H,23,26)(H,24,25). The fourth-order valence-electron chi connectivity index (χ4n) is 2.87. The molecule has 2 amide bonds. The molecule has 1 aromatic carbocycles. The summed E-state index contributed by atoms with van der Waals surface area (Å²) in [5.74, 6) is -0.826. The zero-order chi connectivity index (χ0) is 21.3. The van der Waals surface area contributed by atoms with Gasteiger partial charge in [-0.05, 0) is 42.0 Å². The maximum Gasteiger partial charge on any atom is 0.251 e. The van der Waals surface area contributed by atoms with Crippen LogP contribution in [-0.2, 0) is 27.7 Å². The lowest BCUT2D eigenvalue weighted by molar-refractivity contribution is -0.119. The Morgan fingerprint density at radius 1 is 1.03 bits per heavy atom. The van der Waals surface area contributed by atoms with E-state index in [0.717, 1.165) is 12.0 Å². The van der Waals surface area contributed by atoms with Gasteiger partial charge in [-0.15, -0.1) is 0 Å². The van der Waals surface area contributed by atoms with Gasteiger partial charge in [0.1, 0.15) is 0 Å². The second kappa shape index (κ2) is 10.7. The molecule has 0 aliphatic carbocycles. The summed E-state index contributed by atoms with van der Waals surface area (Å²) in [6.45, 7) is 4.16. The number of hydrogen-bond donors (Lipinski definition) is 2. The highest BCUT2D eigenvalue weighted by Crippen LogP contribution is 2.15. The molecule has 1 aromatic heterocycles. The van der Waals surface area contributed by atoms with Gasteiger partial charge >= 0.3 is 0 Å². The van der Waals surface area contributed by atoms with Gasteiger partial charge in [-0.25, -0.2) is 8.42 Å². The number of pyridine rings is 1. The molecule has 29 heavy (non-hydrogen) atoms. The van der Waals surface area contributed by atoms with Crippen molar-refractivity contribution >= 4 is 21.8 Å².